The molecule has 1 N–H and O–H groups in total. The number of aromatic nitrogens is 6. The number of hydrogen-bond donors (Lipinski definition) is 1. The van der Waals surface area contributed by atoms with Gasteiger partial charge in [-0.15, -0.1) is 6.58 Å². The monoisotopic (exact) mass is 465 g/mol. The summed E-state index contributed by atoms with van der Waals surface area (Å²) in [6.07, 6.45) is -0.789. The second-order valence-corrected chi connectivity index (χ2v) is 9.07. The van der Waals surface area contributed by atoms with Crippen LogP contribution in [0.3, 0.4) is 0 Å². The number of halogens is 3. The van der Waals surface area contributed by atoms with Gasteiger partial charge in [0.1, 0.15) is 22.7 Å². The zero-order valence-corrected chi connectivity index (χ0v) is 17.9. The molecule has 0 saturated heterocycles. The molecule has 0 unspecified atom stereocenters. The summed E-state index contributed by atoms with van der Waals surface area (Å²) in [5.41, 5.74) is -0.556. The highest BCUT2D eigenvalue weighted by Gasteiger charge is 2.33. The Morgan fingerprint density at radius 3 is 2.66 bits per heavy atom. The largest absolute Gasteiger partial charge is 0.417 e. The molecule has 0 aliphatic heterocycles. The van der Waals surface area contributed by atoms with Gasteiger partial charge in [-0.25, -0.2) is 23.4 Å². The number of rotatable bonds is 6. The molecule has 4 rings (SSSR count). The first-order valence-corrected chi connectivity index (χ1v) is 11.1. The van der Waals surface area contributed by atoms with E-state index >= 15 is 0 Å². The summed E-state index contributed by atoms with van der Waals surface area (Å²) in [6.45, 7) is 5.50. The highest BCUT2D eigenvalue weighted by Crippen LogP contribution is 2.35. The van der Waals surface area contributed by atoms with Gasteiger partial charge in [0.2, 0.25) is 0 Å². The van der Waals surface area contributed by atoms with Crippen LogP contribution in [0.15, 0.2) is 42.2 Å². The molecule has 0 aromatic carbocycles. The fourth-order valence-corrected chi connectivity index (χ4v) is 4.21. The van der Waals surface area contributed by atoms with Gasteiger partial charge in [-0.3, -0.25) is 0 Å². The number of anilines is 1. The van der Waals surface area contributed by atoms with Gasteiger partial charge in [-0.2, -0.15) is 22.8 Å². The van der Waals surface area contributed by atoms with E-state index in [1.54, 1.807) is 12.1 Å². The Kier molecular flexibility index (Phi) is 5.15. The van der Waals surface area contributed by atoms with Crippen molar-refractivity contribution in [2.75, 3.05) is 17.6 Å². The van der Waals surface area contributed by atoms with Crippen molar-refractivity contribution in [2.45, 2.75) is 18.1 Å². The van der Waals surface area contributed by atoms with Crippen molar-refractivity contribution in [1.29, 1.82) is 0 Å². The third-order valence-electron chi connectivity index (χ3n) is 4.85. The van der Waals surface area contributed by atoms with Crippen molar-refractivity contribution < 1.29 is 21.6 Å². The first-order valence-electron chi connectivity index (χ1n) is 9.43. The smallest absolute Gasteiger partial charge is 0.366 e. The molecule has 0 atom stereocenters. The van der Waals surface area contributed by atoms with Crippen LogP contribution in [0.1, 0.15) is 12.5 Å². The average molecular weight is 465 g/mol. The predicted octanol–water partition coefficient (Wildman–Crippen LogP) is 3.09. The second kappa shape index (κ2) is 7.58. The maximum absolute atomic E-state index is 13.1. The molecule has 0 saturated carbocycles. The Morgan fingerprint density at radius 2 is 2.00 bits per heavy atom. The van der Waals surface area contributed by atoms with Crippen LogP contribution in [0, 0.1) is 0 Å². The van der Waals surface area contributed by atoms with E-state index in [0.29, 0.717) is 18.6 Å². The molecule has 0 aliphatic rings. The van der Waals surface area contributed by atoms with Gasteiger partial charge < -0.3 is 9.88 Å². The Morgan fingerprint density at radius 1 is 1.25 bits per heavy atom. The molecule has 0 spiro atoms. The number of hydrogen-bond acceptors (Lipinski definition) is 7. The van der Waals surface area contributed by atoms with Crippen molar-refractivity contribution in [2.24, 2.45) is 7.05 Å². The van der Waals surface area contributed by atoms with Gasteiger partial charge in [0, 0.05) is 26.0 Å². The molecule has 168 valence electrons. The number of alkyl halides is 3. The van der Waals surface area contributed by atoms with Gasteiger partial charge in [0.05, 0.1) is 11.3 Å². The summed E-state index contributed by atoms with van der Waals surface area (Å²) in [5.74, 6) is 0.312. The van der Waals surface area contributed by atoms with E-state index in [9.17, 15) is 21.6 Å². The lowest BCUT2D eigenvalue weighted by atomic mass is 10.2. The normalized spacial score (nSPS) is 12.5. The van der Waals surface area contributed by atoms with E-state index in [2.05, 4.69) is 31.9 Å². The number of imidazole rings is 1. The maximum atomic E-state index is 13.1. The first-order chi connectivity index (χ1) is 15.1. The minimum absolute atomic E-state index is 0.0301. The van der Waals surface area contributed by atoms with Crippen molar-refractivity contribution in [3.63, 3.8) is 0 Å². The number of pyridine rings is 1. The molecular weight excluding hydrogens is 447 g/mol. The van der Waals surface area contributed by atoms with Crippen molar-refractivity contribution in [3.05, 3.63) is 42.7 Å². The molecular formula is C19H18F3N7O2S. The summed E-state index contributed by atoms with van der Waals surface area (Å²) in [7, 11) is -2.30. The minimum Gasteiger partial charge on any atom is -0.366 e. The van der Waals surface area contributed by atoms with E-state index in [1.807, 2.05) is 0 Å². The van der Waals surface area contributed by atoms with Crippen LogP contribution < -0.4 is 5.32 Å². The number of fused-ring (bicyclic) bond motifs is 2. The Balaban J connectivity index is 2.05. The van der Waals surface area contributed by atoms with Gasteiger partial charge in [0.15, 0.2) is 26.2 Å². The Labute approximate surface area is 180 Å². The lowest BCUT2D eigenvalue weighted by molar-refractivity contribution is -0.137. The third kappa shape index (κ3) is 3.47. The van der Waals surface area contributed by atoms with Crippen LogP contribution in [-0.4, -0.2) is 49.8 Å². The van der Waals surface area contributed by atoms with Crippen LogP contribution in [0.5, 0.6) is 0 Å². The van der Waals surface area contributed by atoms with Crippen LogP contribution in [0.25, 0.3) is 28.2 Å². The summed E-state index contributed by atoms with van der Waals surface area (Å²) < 4.78 is 67.9. The molecule has 0 fully saturated rings. The van der Waals surface area contributed by atoms with E-state index < -0.39 is 21.6 Å². The van der Waals surface area contributed by atoms with Crippen LogP contribution >= 0.6 is 0 Å². The fourth-order valence-electron chi connectivity index (χ4n) is 3.24. The number of nitrogens with one attached hydrogen (secondary N) is 1. The average Bonchev–Trinajstić information content (AvgIpc) is 3.30. The van der Waals surface area contributed by atoms with Gasteiger partial charge >= 0.3 is 6.18 Å². The second-order valence-electron chi connectivity index (χ2n) is 6.88. The molecule has 0 radical (unpaired) electrons. The summed E-state index contributed by atoms with van der Waals surface area (Å²) >= 11 is 0. The zero-order valence-electron chi connectivity index (χ0n) is 17.0. The zero-order chi connectivity index (χ0) is 23.3. The molecule has 0 aliphatic carbocycles. The maximum Gasteiger partial charge on any atom is 0.417 e. The lowest BCUT2D eigenvalue weighted by Gasteiger charge is -2.06. The van der Waals surface area contributed by atoms with Gasteiger partial charge in [-0.1, -0.05) is 13.0 Å². The summed E-state index contributed by atoms with van der Waals surface area (Å²) in [6, 6.07) is 2.48. The van der Waals surface area contributed by atoms with Crippen molar-refractivity contribution >= 4 is 32.5 Å². The van der Waals surface area contributed by atoms with E-state index in [4.69, 9.17) is 0 Å². The van der Waals surface area contributed by atoms with Crippen molar-refractivity contribution in [1.82, 2.24) is 29.1 Å². The SMILES string of the molecule is C=CCNc1ccnc2c(-c3nc4cc(C(F)(F)F)cnc4n3C)c(S(=O)(=O)CC)nn12. The summed E-state index contributed by atoms with van der Waals surface area (Å²) in [4.78, 5) is 12.5. The molecule has 9 nitrogen and oxygen atoms in total. The van der Waals surface area contributed by atoms with E-state index in [-0.39, 0.29) is 39.0 Å². The fraction of sp³-hybridized carbons (Fsp3) is 0.263. The minimum atomic E-state index is -4.59. The molecule has 32 heavy (non-hydrogen) atoms. The molecule has 0 amide bonds. The third-order valence-corrected chi connectivity index (χ3v) is 6.48. The lowest BCUT2D eigenvalue weighted by Crippen LogP contribution is -2.08. The Bertz CT molecular complexity index is 1460. The van der Waals surface area contributed by atoms with E-state index in [1.165, 1.54) is 29.3 Å². The Hall–Kier alpha value is -3.48. The first kappa shape index (κ1) is 21.7. The highest BCUT2D eigenvalue weighted by molar-refractivity contribution is 7.91. The molecule has 4 aromatic heterocycles. The molecule has 4 heterocycles. The number of sulfone groups is 1. The van der Waals surface area contributed by atoms with Crippen LogP contribution in [0.2, 0.25) is 0 Å². The quantitative estimate of drug-likeness (QED) is 0.436. The number of nitrogens with zero attached hydrogens (tertiary/aromatic N) is 6. The topological polar surface area (TPSA) is 107 Å². The van der Waals surface area contributed by atoms with Crippen LogP contribution in [0.4, 0.5) is 19.0 Å². The summed E-state index contributed by atoms with van der Waals surface area (Å²) in [5, 5.41) is 7.05. The van der Waals surface area contributed by atoms with Gasteiger partial charge in [-0.05, 0) is 12.1 Å². The molecule has 0 bridgehead atoms. The van der Waals surface area contributed by atoms with Crippen molar-refractivity contribution in [3.8, 4) is 11.4 Å². The molecule has 4 aromatic rings. The van der Waals surface area contributed by atoms with Gasteiger partial charge in [0.25, 0.3) is 0 Å². The highest BCUT2D eigenvalue weighted by atomic mass is 32.2. The predicted molar refractivity (Wildman–Crippen MR) is 112 cm³/mol. The van der Waals surface area contributed by atoms with E-state index in [0.717, 1.165) is 6.07 Å². The molecule has 13 heteroatoms. The van der Waals surface area contributed by atoms with Crippen LogP contribution in [-0.2, 0) is 23.1 Å². The number of aryl methyl sites for hydroxylation is 1. The standard InChI is InChI=1S/C19H18F3N7O2S/c1-4-7-23-13-6-8-24-16-14(18(27-29(13)16)32(30,31)5-2)17-26-12-9-11(19(20,21)22)10-25-15(12)28(17)3/h4,6,8-10,23H,1,5,7H2,2-3H3.